The Labute approximate surface area is 90.9 Å². The van der Waals surface area contributed by atoms with Crippen molar-refractivity contribution in [2.24, 2.45) is 0 Å². The van der Waals surface area contributed by atoms with Gasteiger partial charge in [-0.05, 0) is 29.5 Å². The molecule has 1 rings (SSSR count). The highest BCUT2D eigenvalue weighted by molar-refractivity contribution is 5.31. The Balaban J connectivity index is 3.17. The molecule has 0 radical (unpaired) electrons. The molecule has 1 nitrogen and oxygen atoms in total. The summed E-state index contributed by atoms with van der Waals surface area (Å²) in [4.78, 5) is 0. The maximum atomic E-state index is 13.4. The Hall–Kier alpha value is -0.890. The summed E-state index contributed by atoms with van der Waals surface area (Å²) >= 11 is 0. The van der Waals surface area contributed by atoms with Crippen LogP contribution in [0.3, 0.4) is 0 Å². The molecule has 0 bridgehead atoms. The lowest BCUT2D eigenvalue weighted by molar-refractivity contribution is 0.168. The molecule has 15 heavy (non-hydrogen) atoms. The van der Waals surface area contributed by atoms with Crippen molar-refractivity contribution in [3.05, 3.63) is 35.1 Å². The van der Waals surface area contributed by atoms with E-state index in [9.17, 15) is 9.50 Å². The van der Waals surface area contributed by atoms with Gasteiger partial charge in [-0.25, -0.2) is 4.39 Å². The predicted octanol–water partition coefficient (Wildman–Crippen LogP) is 3.57. The standard InChI is InChI=1S/C13H19FO/c1-5-12(15)10-8-9(13(2,3)4)6-7-11(10)14/h6-8,12,15H,5H2,1-4H3. The Morgan fingerprint density at radius 3 is 2.40 bits per heavy atom. The van der Waals surface area contributed by atoms with Crippen LogP contribution in [0.1, 0.15) is 51.3 Å². The van der Waals surface area contributed by atoms with Crippen LogP contribution in [-0.2, 0) is 5.41 Å². The van der Waals surface area contributed by atoms with Crippen LogP contribution in [0.4, 0.5) is 4.39 Å². The van der Waals surface area contributed by atoms with Crippen LogP contribution in [0.5, 0.6) is 0 Å². The summed E-state index contributed by atoms with van der Waals surface area (Å²) in [5.74, 6) is -0.322. The number of benzene rings is 1. The monoisotopic (exact) mass is 210 g/mol. The first-order valence-corrected chi connectivity index (χ1v) is 5.34. The topological polar surface area (TPSA) is 20.2 Å². The van der Waals surface area contributed by atoms with E-state index >= 15 is 0 Å². The second-order valence-electron chi connectivity index (χ2n) is 4.91. The zero-order chi connectivity index (χ0) is 11.6. The van der Waals surface area contributed by atoms with Gasteiger partial charge in [-0.2, -0.15) is 0 Å². The number of rotatable bonds is 2. The quantitative estimate of drug-likeness (QED) is 0.791. The van der Waals surface area contributed by atoms with Gasteiger partial charge in [-0.1, -0.05) is 33.8 Å². The minimum absolute atomic E-state index is 0.0179. The van der Waals surface area contributed by atoms with Crippen LogP contribution in [-0.4, -0.2) is 5.11 Å². The molecule has 84 valence electrons. The van der Waals surface area contributed by atoms with Gasteiger partial charge >= 0.3 is 0 Å². The van der Waals surface area contributed by atoms with E-state index in [1.165, 1.54) is 6.07 Å². The summed E-state index contributed by atoms with van der Waals surface area (Å²) in [6.45, 7) is 8.06. The Morgan fingerprint density at radius 1 is 1.33 bits per heavy atom. The average molecular weight is 210 g/mol. The number of hydrogen-bond donors (Lipinski definition) is 1. The Kier molecular flexibility index (Phi) is 3.50. The van der Waals surface area contributed by atoms with Crippen LogP contribution >= 0.6 is 0 Å². The van der Waals surface area contributed by atoms with Crippen LogP contribution in [0.25, 0.3) is 0 Å². The van der Waals surface area contributed by atoms with Gasteiger partial charge in [0.1, 0.15) is 5.82 Å². The summed E-state index contributed by atoms with van der Waals surface area (Å²) in [5, 5.41) is 9.66. The Bertz CT molecular complexity index is 339. The smallest absolute Gasteiger partial charge is 0.129 e. The van der Waals surface area contributed by atoms with E-state index in [2.05, 4.69) is 20.8 Å². The first-order chi connectivity index (χ1) is 6.86. The molecule has 1 aromatic carbocycles. The first kappa shape index (κ1) is 12.2. The van der Waals surface area contributed by atoms with Crippen molar-refractivity contribution in [1.29, 1.82) is 0 Å². The molecule has 0 aliphatic heterocycles. The van der Waals surface area contributed by atoms with Crippen molar-refractivity contribution < 1.29 is 9.50 Å². The third-order valence-corrected chi connectivity index (χ3v) is 2.61. The molecule has 0 heterocycles. The second-order valence-corrected chi connectivity index (χ2v) is 4.91. The lowest BCUT2D eigenvalue weighted by atomic mass is 9.85. The zero-order valence-electron chi connectivity index (χ0n) is 9.84. The molecule has 1 atom stereocenters. The van der Waals surface area contributed by atoms with Gasteiger partial charge in [-0.3, -0.25) is 0 Å². The van der Waals surface area contributed by atoms with Crippen molar-refractivity contribution >= 4 is 0 Å². The van der Waals surface area contributed by atoms with Crippen LogP contribution < -0.4 is 0 Å². The molecule has 0 amide bonds. The van der Waals surface area contributed by atoms with E-state index in [0.717, 1.165) is 5.56 Å². The van der Waals surface area contributed by atoms with Crippen molar-refractivity contribution in [1.82, 2.24) is 0 Å². The molecule has 0 saturated carbocycles. The fraction of sp³-hybridized carbons (Fsp3) is 0.538. The average Bonchev–Trinajstić information content (AvgIpc) is 2.15. The number of hydrogen-bond acceptors (Lipinski definition) is 1. The van der Waals surface area contributed by atoms with E-state index in [-0.39, 0.29) is 11.2 Å². The lowest BCUT2D eigenvalue weighted by Crippen LogP contribution is -2.12. The summed E-state index contributed by atoms with van der Waals surface area (Å²) < 4.78 is 13.4. The van der Waals surface area contributed by atoms with Gasteiger partial charge in [0.15, 0.2) is 0 Å². The maximum Gasteiger partial charge on any atom is 0.129 e. The van der Waals surface area contributed by atoms with Crippen molar-refractivity contribution in [2.75, 3.05) is 0 Å². The van der Waals surface area contributed by atoms with Gasteiger partial charge in [0.25, 0.3) is 0 Å². The van der Waals surface area contributed by atoms with Crippen molar-refractivity contribution in [3.8, 4) is 0 Å². The normalized spacial score (nSPS) is 14.0. The summed E-state index contributed by atoms with van der Waals surface area (Å²) in [6.07, 6.45) is -0.169. The first-order valence-electron chi connectivity index (χ1n) is 5.34. The van der Waals surface area contributed by atoms with Gasteiger partial charge in [-0.15, -0.1) is 0 Å². The summed E-state index contributed by atoms with van der Waals surface area (Å²) in [5.41, 5.74) is 1.44. The lowest BCUT2D eigenvalue weighted by Gasteiger charge is -2.21. The van der Waals surface area contributed by atoms with Crippen molar-refractivity contribution in [2.45, 2.75) is 45.6 Å². The van der Waals surface area contributed by atoms with Gasteiger partial charge in [0.05, 0.1) is 6.10 Å². The molecule has 2 heteroatoms. The number of aliphatic hydroxyl groups is 1. The molecule has 0 aliphatic rings. The van der Waals surface area contributed by atoms with Crippen LogP contribution in [0.15, 0.2) is 18.2 Å². The zero-order valence-corrected chi connectivity index (χ0v) is 9.84. The molecule has 0 aliphatic carbocycles. The van der Waals surface area contributed by atoms with E-state index in [1.807, 2.05) is 6.92 Å². The SMILES string of the molecule is CCC(O)c1cc(C(C)(C)C)ccc1F. The minimum atomic E-state index is -0.702. The maximum absolute atomic E-state index is 13.4. The molecule has 0 saturated heterocycles. The number of halogens is 1. The largest absolute Gasteiger partial charge is 0.388 e. The van der Waals surface area contributed by atoms with Gasteiger partial charge in [0, 0.05) is 5.56 Å². The Morgan fingerprint density at radius 2 is 1.93 bits per heavy atom. The summed E-state index contributed by atoms with van der Waals surface area (Å²) in [6, 6.07) is 4.99. The summed E-state index contributed by atoms with van der Waals surface area (Å²) in [7, 11) is 0. The molecule has 1 unspecified atom stereocenters. The third-order valence-electron chi connectivity index (χ3n) is 2.61. The van der Waals surface area contributed by atoms with E-state index < -0.39 is 6.10 Å². The predicted molar refractivity (Wildman–Crippen MR) is 60.4 cm³/mol. The van der Waals surface area contributed by atoms with E-state index in [1.54, 1.807) is 12.1 Å². The van der Waals surface area contributed by atoms with Crippen LogP contribution in [0.2, 0.25) is 0 Å². The van der Waals surface area contributed by atoms with E-state index in [4.69, 9.17) is 0 Å². The highest BCUT2D eigenvalue weighted by Gasteiger charge is 2.18. The highest BCUT2D eigenvalue weighted by Crippen LogP contribution is 2.27. The molecule has 1 N–H and O–H groups in total. The molecule has 0 spiro atoms. The fourth-order valence-electron chi connectivity index (χ4n) is 1.49. The fourth-order valence-corrected chi connectivity index (χ4v) is 1.49. The minimum Gasteiger partial charge on any atom is -0.388 e. The molecular weight excluding hydrogens is 191 g/mol. The van der Waals surface area contributed by atoms with Crippen molar-refractivity contribution in [3.63, 3.8) is 0 Å². The van der Waals surface area contributed by atoms with Crippen LogP contribution in [0, 0.1) is 5.82 Å². The number of aliphatic hydroxyl groups excluding tert-OH is 1. The molecule has 0 aromatic heterocycles. The van der Waals surface area contributed by atoms with E-state index in [0.29, 0.717) is 12.0 Å². The highest BCUT2D eigenvalue weighted by atomic mass is 19.1. The molecular formula is C13H19FO. The van der Waals surface area contributed by atoms with Gasteiger partial charge in [0.2, 0.25) is 0 Å². The molecule has 0 fully saturated rings. The second kappa shape index (κ2) is 4.31. The van der Waals surface area contributed by atoms with Gasteiger partial charge < -0.3 is 5.11 Å². The third kappa shape index (κ3) is 2.78. The molecule has 1 aromatic rings.